The van der Waals surface area contributed by atoms with Gasteiger partial charge in [0, 0.05) is 0 Å². The van der Waals surface area contributed by atoms with E-state index in [4.69, 9.17) is 0 Å². The molecule has 0 spiro atoms. The fourth-order valence-electron chi connectivity index (χ4n) is 2.02. The number of hydrogen-bond acceptors (Lipinski definition) is 2. The summed E-state index contributed by atoms with van der Waals surface area (Å²) in [5.41, 5.74) is 2.36. The van der Waals surface area contributed by atoms with Crippen LogP contribution in [-0.4, -0.2) is 19.5 Å². The van der Waals surface area contributed by atoms with Gasteiger partial charge >= 0.3 is 0 Å². The van der Waals surface area contributed by atoms with Gasteiger partial charge in [-0.25, -0.2) is 0 Å². The average molecular weight is 285 g/mol. The maximum absolute atomic E-state index is 11.8. The number of amides is 1. The number of carbonyl (C=O) groups is 1. The van der Waals surface area contributed by atoms with Gasteiger partial charge in [-0.05, 0) is 24.9 Å². The molecule has 0 aliphatic carbocycles. The normalized spacial score (nSPS) is 12.5. The van der Waals surface area contributed by atoms with Gasteiger partial charge in [0.2, 0.25) is 5.91 Å². The Hall–Kier alpha value is -1.06. The predicted octanol–water partition coefficient (Wildman–Crippen LogP) is 2.84. The number of rotatable bonds is 4. The molecule has 0 aromatic heterocycles. The number of hydrogen-bond donors (Lipinski definition) is 2. The standard InChI is InChI=1S/C15H24N2O.ClH/c1-11-7-6-8-12(9-11)14(15(2,3)4)17-13(18)10-16-5;/h6-9,14,16H,10H2,1-5H3,(H,17,18);1H. The van der Waals surface area contributed by atoms with Gasteiger partial charge in [0.25, 0.3) is 0 Å². The van der Waals surface area contributed by atoms with Crippen LogP contribution in [0.3, 0.4) is 0 Å². The van der Waals surface area contributed by atoms with E-state index in [9.17, 15) is 4.79 Å². The molecule has 0 aliphatic rings. The molecule has 4 heteroatoms. The largest absolute Gasteiger partial charge is 0.348 e. The van der Waals surface area contributed by atoms with Gasteiger partial charge in [-0.2, -0.15) is 0 Å². The van der Waals surface area contributed by atoms with E-state index in [0.29, 0.717) is 6.54 Å². The lowest BCUT2D eigenvalue weighted by Crippen LogP contribution is -2.40. The number of halogens is 1. The Labute approximate surface area is 122 Å². The van der Waals surface area contributed by atoms with Crippen LogP contribution < -0.4 is 10.6 Å². The first kappa shape index (κ1) is 17.9. The van der Waals surface area contributed by atoms with E-state index in [0.717, 1.165) is 5.56 Å². The zero-order valence-corrected chi connectivity index (χ0v) is 13.2. The lowest BCUT2D eigenvalue weighted by Gasteiger charge is -2.32. The minimum atomic E-state index is -0.0167. The first-order chi connectivity index (χ1) is 8.34. The van der Waals surface area contributed by atoms with E-state index in [1.165, 1.54) is 5.56 Å². The van der Waals surface area contributed by atoms with Gasteiger partial charge < -0.3 is 10.6 Å². The fraction of sp³-hybridized carbons (Fsp3) is 0.533. The highest BCUT2D eigenvalue weighted by atomic mass is 35.5. The first-order valence-electron chi connectivity index (χ1n) is 6.35. The number of likely N-dealkylation sites (N-methyl/N-ethyl adjacent to an activating group) is 1. The van der Waals surface area contributed by atoms with Crippen LogP contribution in [0.2, 0.25) is 0 Å². The first-order valence-corrected chi connectivity index (χ1v) is 6.35. The molecule has 0 saturated carbocycles. The molecule has 19 heavy (non-hydrogen) atoms. The van der Waals surface area contributed by atoms with Gasteiger partial charge in [-0.1, -0.05) is 50.6 Å². The molecule has 0 saturated heterocycles. The number of aryl methyl sites for hydroxylation is 1. The van der Waals surface area contributed by atoms with Crippen molar-refractivity contribution in [3.63, 3.8) is 0 Å². The Morgan fingerprint density at radius 2 is 1.95 bits per heavy atom. The highest BCUT2D eigenvalue weighted by Crippen LogP contribution is 2.32. The summed E-state index contributed by atoms with van der Waals surface area (Å²) in [4.78, 5) is 11.8. The van der Waals surface area contributed by atoms with Crippen molar-refractivity contribution in [3.05, 3.63) is 35.4 Å². The molecule has 108 valence electrons. The van der Waals surface area contributed by atoms with Gasteiger partial charge in [-0.15, -0.1) is 12.4 Å². The molecule has 1 aromatic carbocycles. The summed E-state index contributed by atoms with van der Waals surface area (Å²) in [5, 5.41) is 5.98. The molecule has 1 unspecified atom stereocenters. The van der Waals surface area contributed by atoms with Crippen LogP contribution in [0.15, 0.2) is 24.3 Å². The number of nitrogens with one attached hydrogen (secondary N) is 2. The molecular weight excluding hydrogens is 260 g/mol. The Balaban J connectivity index is 0.00000324. The minimum Gasteiger partial charge on any atom is -0.348 e. The van der Waals surface area contributed by atoms with Crippen molar-refractivity contribution in [2.75, 3.05) is 13.6 Å². The highest BCUT2D eigenvalue weighted by molar-refractivity contribution is 5.85. The maximum atomic E-state index is 11.8. The molecule has 0 aliphatic heterocycles. The topological polar surface area (TPSA) is 41.1 Å². The van der Waals surface area contributed by atoms with Crippen LogP contribution in [-0.2, 0) is 4.79 Å². The molecule has 1 atom stereocenters. The van der Waals surface area contributed by atoms with E-state index in [2.05, 4.69) is 56.5 Å². The van der Waals surface area contributed by atoms with E-state index in [-0.39, 0.29) is 29.8 Å². The molecular formula is C15H25ClN2O. The van der Waals surface area contributed by atoms with Crippen molar-refractivity contribution >= 4 is 18.3 Å². The van der Waals surface area contributed by atoms with Crippen LogP contribution in [0.4, 0.5) is 0 Å². The summed E-state index contributed by atoms with van der Waals surface area (Å²) in [6.45, 7) is 8.83. The van der Waals surface area contributed by atoms with Crippen molar-refractivity contribution in [1.82, 2.24) is 10.6 Å². The zero-order valence-electron chi connectivity index (χ0n) is 12.4. The smallest absolute Gasteiger partial charge is 0.234 e. The molecule has 1 aromatic rings. The summed E-state index contributed by atoms with van der Waals surface area (Å²) in [7, 11) is 1.78. The van der Waals surface area contributed by atoms with E-state index >= 15 is 0 Å². The van der Waals surface area contributed by atoms with Gasteiger partial charge in [0.1, 0.15) is 0 Å². The summed E-state index contributed by atoms with van der Waals surface area (Å²) in [5.74, 6) is 0.0268. The second kappa shape index (κ2) is 7.51. The quantitative estimate of drug-likeness (QED) is 0.893. The van der Waals surface area contributed by atoms with E-state index < -0.39 is 0 Å². The number of carbonyl (C=O) groups excluding carboxylic acids is 1. The molecule has 0 radical (unpaired) electrons. The Morgan fingerprint density at radius 3 is 2.42 bits per heavy atom. The minimum absolute atomic E-state index is 0. The lowest BCUT2D eigenvalue weighted by molar-refractivity contribution is -0.121. The van der Waals surface area contributed by atoms with Crippen LogP contribution >= 0.6 is 12.4 Å². The molecule has 0 heterocycles. The third-order valence-electron chi connectivity index (χ3n) is 2.88. The Morgan fingerprint density at radius 1 is 1.32 bits per heavy atom. The van der Waals surface area contributed by atoms with Crippen LogP contribution in [0.5, 0.6) is 0 Å². The molecule has 1 rings (SSSR count). The summed E-state index contributed by atoms with van der Waals surface area (Å²) in [6.07, 6.45) is 0. The summed E-state index contributed by atoms with van der Waals surface area (Å²) >= 11 is 0. The molecule has 2 N–H and O–H groups in total. The molecule has 0 fully saturated rings. The molecule has 0 bridgehead atoms. The van der Waals surface area contributed by atoms with Crippen molar-refractivity contribution in [2.45, 2.75) is 33.7 Å². The monoisotopic (exact) mass is 284 g/mol. The third kappa shape index (κ3) is 5.62. The average Bonchev–Trinajstić information content (AvgIpc) is 2.24. The van der Waals surface area contributed by atoms with Crippen LogP contribution in [0.1, 0.15) is 37.9 Å². The Bertz CT molecular complexity index is 413. The zero-order chi connectivity index (χ0) is 13.8. The lowest BCUT2D eigenvalue weighted by atomic mass is 9.82. The van der Waals surface area contributed by atoms with E-state index in [1.54, 1.807) is 7.05 Å². The summed E-state index contributed by atoms with van der Waals surface area (Å²) in [6, 6.07) is 8.34. The highest BCUT2D eigenvalue weighted by Gasteiger charge is 2.27. The maximum Gasteiger partial charge on any atom is 0.234 e. The van der Waals surface area contributed by atoms with E-state index in [1.807, 2.05) is 6.07 Å². The van der Waals surface area contributed by atoms with Crippen LogP contribution in [0, 0.1) is 12.3 Å². The second-order valence-electron chi connectivity index (χ2n) is 5.81. The predicted molar refractivity (Wildman–Crippen MR) is 82.7 cm³/mol. The van der Waals surface area contributed by atoms with Crippen molar-refractivity contribution < 1.29 is 4.79 Å². The SMILES string of the molecule is CNCC(=O)NC(c1cccc(C)c1)C(C)(C)C.Cl. The van der Waals surface area contributed by atoms with Crippen molar-refractivity contribution in [2.24, 2.45) is 5.41 Å². The second-order valence-corrected chi connectivity index (χ2v) is 5.81. The van der Waals surface area contributed by atoms with Crippen LogP contribution in [0.25, 0.3) is 0 Å². The summed E-state index contributed by atoms with van der Waals surface area (Å²) < 4.78 is 0. The Kier molecular flexibility index (Phi) is 7.09. The van der Waals surface area contributed by atoms with Gasteiger partial charge in [0.15, 0.2) is 0 Å². The van der Waals surface area contributed by atoms with Crippen molar-refractivity contribution in [1.29, 1.82) is 0 Å². The fourth-order valence-corrected chi connectivity index (χ4v) is 2.02. The number of benzene rings is 1. The molecule has 3 nitrogen and oxygen atoms in total. The van der Waals surface area contributed by atoms with Gasteiger partial charge in [0.05, 0.1) is 12.6 Å². The third-order valence-corrected chi connectivity index (χ3v) is 2.88. The molecule has 1 amide bonds. The van der Waals surface area contributed by atoms with Gasteiger partial charge in [-0.3, -0.25) is 4.79 Å². The van der Waals surface area contributed by atoms with Crippen molar-refractivity contribution in [3.8, 4) is 0 Å².